The molecule has 0 radical (unpaired) electrons. The summed E-state index contributed by atoms with van der Waals surface area (Å²) in [5.74, 6) is 1.06. The van der Waals surface area contributed by atoms with E-state index in [-0.39, 0.29) is 5.97 Å². The van der Waals surface area contributed by atoms with Crippen LogP contribution in [0.5, 0.6) is 0 Å². The number of aromatic amines is 1. The maximum absolute atomic E-state index is 11.8. The van der Waals surface area contributed by atoms with E-state index in [0.29, 0.717) is 17.5 Å². The van der Waals surface area contributed by atoms with Crippen LogP contribution >= 0.6 is 0 Å². The minimum atomic E-state index is -0.338. The maximum atomic E-state index is 11.8. The van der Waals surface area contributed by atoms with Gasteiger partial charge in [0.05, 0.1) is 23.7 Å². The van der Waals surface area contributed by atoms with E-state index < -0.39 is 0 Å². The third-order valence-corrected chi connectivity index (χ3v) is 6.00. The van der Waals surface area contributed by atoms with Crippen molar-refractivity contribution in [2.75, 3.05) is 25.5 Å². The van der Waals surface area contributed by atoms with Crippen LogP contribution in [0, 0.1) is 5.92 Å². The Kier molecular flexibility index (Phi) is 6.64. The first kappa shape index (κ1) is 20.4. The standard InChI is InChI=1S/C24H30N4O2/c1-30-23(29)19-10-11-21-22(16-19)28-24(27-21)26-20(18-12-14-25-15-13-18)9-5-8-17-6-3-2-4-7-17/h2-4,6-7,10-11,16,18,20,25H,5,8-9,12-15H2,1H3,(H2,26,27,28). The summed E-state index contributed by atoms with van der Waals surface area (Å²) in [5, 5.41) is 7.14. The molecule has 1 aliphatic heterocycles. The van der Waals surface area contributed by atoms with Crippen molar-refractivity contribution in [3.63, 3.8) is 0 Å². The van der Waals surface area contributed by atoms with Gasteiger partial charge in [-0.05, 0) is 74.9 Å². The fourth-order valence-corrected chi connectivity index (χ4v) is 4.34. The number of piperidine rings is 1. The van der Waals surface area contributed by atoms with Crippen LogP contribution in [0.3, 0.4) is 0 Å². The predicted molar refractivity (Wildman–Crippen MR) is 120 cm³/mol. The highest BCUT2D eigenvalue weighted by molar-refractivity contribution is 5.93. The van der Waals surface area contributed by atoms with Gasteiger partial charge >= 0.3 is 5.97 Å². The lowest BCUT2D eigenvalue weighted by molar-refractivity contribution is 0.0601. The van der Waals surface area contributed by atoms with Gasteiger partial charge in [-0.3, -0.25) is 0 Å². The molecule has 0 amide bonds. The van der Waals surface area contributed by atoms with Crippen LogP contribution in [0.4, 0.5) is 5.95 Å². The number of benzene rings is 2. The molecule has 0 saturated carbocycles. The van der Waals surface area contributed by atoms with E-state index in [4.69, 9.17) is 9.72 Å². The van der Waals surface area contributed by atoms with E-state index in [9.17, 15) is 4.79 Å². The zero-order valence-corrected chi connectivity index (χ0v) is 17.5. The summed E-state index contributed by atoms with van der Waals surface area (Å²) in [4.78, 5) is 19.9. The van der Waals surface area contributed by atoms with Crippen molar-refractivity contribution in [2.24, 2.45) is 5.92 Å². The third-order valence-electron chi connectivity index (χ3n) is 6.00. The van der Waals surface area contributed by atoms with Gasteiger partial charge in [0.15, 0.2) is 0 Å². The van der Waals surface area contributed by atoms with E-state index in [0.717, 1.165) is 49.3 Å². The molecular formula is C24H30N4O2. The minimum absolute atomic E-state index is 0.338. The van der Waals surface area contributed by atoms with Gasteiger partial charge in [0.2, 0.25) is 5.95 Å². The van der Waals surface area contributed by atoms with Crippen LogP contribution in [-0.4, -0.2) is 42.2 Å². The fourth-order valence-electron chi connectivity index (χ4n) is 4.34. The zero-order chi connectivity index (χ0) is 20.8. The largest absolute Gasteiger partial charge is 0.465 e. The normalized spacial score (nSPS) is 15.8. The van der Waals surface area contributed by atoms with Crippen molar-refractivity contribution in [2.45, 2.75) is 38.1 Å². The van der Waals surface area contributed by atoms with Gasteiger partial charge in [-0.2, -0.15) is 0 Å². The molecular weight excluding hydrogens is 376 g/mol. The molecule has 1 aliphatic rings. The number of carbonyl (C=O) groups excluding carboxylic acids is 1. The Morgan fingerprint density at radius 2 is 2.00 bits per heavy atom. The number of imidazole rings is 1. The molecule has 2 heterocycles. The fraction of sp³-hybridized carbons (Fsp3) is 0.417. The first-order chi connectivity index (χ1) is 14.7. The van der Waals surface area contributed by atoms with Gasteiger partial charge in [-0.25, -0.2) is 9.78 Å². The Balaban J connectivity index is 1.46. The van der Waals surface area contributed by atoms with Gasteiger partial charge < -0.3 is 20.4 Å². The molecule has 4 rings (SSSR count). The smallest absolute Gasteiger partial charge is 0.337 e. The van der Waals surface area contributed by atoms with E-state index in [1.807, 2.05) is 6.07 Å². The summed E-state index contributed by atoms with van der Waals surface area (Å²) >= 11 is 0. The molecule has 1 aromatic heterocycles. The number of H-pyrrole nitrogens is 1. The molecule has 3 aromatic rings. The van der Waals surface area contributed by atoms with E-state index in [2.05, 4.69) is 45.9 Å². The molecule has 30 heavy (non-hydrogen) atoms. The SMILES string of the molecule is COC(=O)c1ccc2nc(NC(CCCc3ccccc3)C3CCNCC3)[nH]c2c1. The van der Waals surface area contributed by atoms with Crippen molar-refractivity contribution in [1.29, 1.82) is 0 Å². The molecule has 158 valence electrons. The number of hydrogen-bond donors (Lipinski definition) is 3. The summed E-state index contributed by atoms with van der Waals surface area (Å²) in [6.07, 6.45) is 5.68. The lowest BCUT2D eigenvalue weighted by atomic mass is 9.87. The molecule has 1 atom stereocenters. The average molecular weight is 407 g/mol. The van der Waals surface area contributed by atoms with Crippen LogP contribution in [0.15, 0.2) is 48.5 Å². The number of methoxy groups -OCH3 is 1. The summed E-state index contributed by atoms with van der Waals surface area (Å²) < 4.78 is 4.82. The van der Waals surface area contributed by atoms with Crippen LogP contribution < -0.4 is 10.6 Å². The zero-order valence-electron chi connectivity index (χ0n) is 17.5. The number of fused-ring (bicyclic) bond motifs is 1. The highest BCUT2D eigenvalue weighted by atomic mass is 16.5. The Bertz CT molecular complexity index is 964. The number of anilines is 1. The van der Waals surface area contributed by atoms with Crippen molar-refractivity contribution in [3.05, 3.63) is 59.7 Å². The van der Waals surface area contributed by atoms with Gasteiger partial charge in [0.25, 0.3) is 0 Å². The Hall–Kier alpha value is -2.86. The van der Waals surface area contributed by atoms with E-state index >= 15 is 0 Å². The number of nitrogens with zero attached hydrogens (tertiary/aromatic N) is 1. The van der Waals surface area contributed by atoms with Crippen LogP contribution in [0.1, 0.15) is 41.6 Å². The van der Waals surface area contributed by atoms with E-state index in [1.165, 1.54) is 25.5 Å². The highest BCUT2D eigenvalue weighted by Gasteiger charge is 2.24. The van der Waals surface area contributed by atoms with Crippen LogP contribution in [0.25, 0.3) is 11.0 Å². The lowest BCUT2D eigenvalue weighted by Crippen LogP contribution is -2.38. The molecule has 3 N–H and O–H groups in total. The number of aromatic nitrogens is 2. The predicted octanol–water partition coefficient (Wildman–Crippen LogP) is 4.15. The minimum Gasteiger partial charge on any atom is -0.465 e. The second kappa shape index (κ2) is 9.76. The first-order valence-electron chi connectivity index (χ1n) is 10.8. The van der Waals surface area contributed by atoms with Crippen LogP contribution in [0.2, 0.25) is 0 Å². The molecule has 0 spiro atoms. The van der Waals surface area contributed by atoms with Crippen molar-refractivity contribution < 1.29 is 9.53 Å². The summed E-state index contributed by atoms with van der Waals surface area (Å²) in [6, 6.07) is 16.5. The number of esters is 1. The lowest BCUT2D eigenvalue weighted by Gasteiger charge is -2.31. The quantitative estimate of drug-likeness (QED) is 0.490. The number of ether oxygens (including phenoxy) is 1. The van der Waals surface area contributed by atoms with E-state index in [1.54, 1.807) is 12.1 Å². The Morgan fingerprint density at radius 1 is 1.20 bits per heavy atom. The molecule has 6 heteroatoms. The average Bonchev–Trinajstić information content (AvgIpc) is 3.21. The number of hydrogen-bond acceptors (Lipinski definition) is 5. The van der Waals surface area contributed by atoms with Gasteiger partial charge in [-0.15, -0.1) is 0 Å². The Labute approximate surface area is 177 Å². The Morgan fingerprint density at radius 3 is 2.77 bits per heavy atom. The van der Waals surface area contributed by atoms with Gasteiger partial charge in [0.1, 0.15) is 0 Å². The summed E-state index contributed by atoms with van der Waals surface area (Å²) in [7, 11) is 1.39. The highest BCUT2D eigenvalue weighted by Crippen LogP contribution is 2.25. The number of nitrogens with one attached hydrogen (secondary N) is 3. The van der Waals surface area contributed by atoms with Crippen molar-refractivity contribution in [1.82, 2.24) is 15.3 Å². The molecule has 0 aliphatic carbocycles. The second-order valence-electron chi connectivity index (χ2n) is 8.03. The molecule has 1 unspecified atom stereocenters. The molecule has 6 nitrogen and oxygen atoms in total. The van der Waals surface area contributed by atoms with Gasteiger partial charge in [0, 0.05) is 6.04 Å². The summed E-state index contributed by atoms with van der Waals surface area (Å²) in [6.45, 7) is 2.15. The third kappa shape index (κ3) is 5.00. The van der Waals surface area contributed by atoms with Crippen molar-refractivity contribution >= 4 is 23.0 Å². The number of rotatable bonds is 8. The number of carbonyl (C=O) groups is 1. The second-order valence-corrected chi connectivity index (χ2v) is 8.03. The molecule has 2 aromatic carbocycles. The van der Waals surface area contributed by atoms with Crippen LogP contribution in [-0.2, 0) is 11.2 Å². The topological polar surface area (TPSA) is 79.0 Å². The number of aryl methyl sites for hydroxylation is 1. The molecule has 1 saturated heterocycles. The van der Waals surface area contributed by atoms with Crippen molar-refractivity contribution in [3.8, 4) is 0 Å². The maximum Gasteiger partial charge on any atom is 0.337 e. The molecule has 1 fully saturated rings. The van der Waals surface area contributed by atoms with Gasteiger partial charge in [-0.1, -0.05) is 30.3 Å². The summed E-state index contributed by atoms with van der Waals surface area (Å²) in [5.41, 5.74) is 3.60. The molecule has 0 bridgehead atoms. The first-order valence-corrected chi connectivity index (χ1v) is 10.8. The monoisotopic (exact) mass is 406 g/mol.